The van der Waals surface area contributed by atoms with Crippen LogP contribution in [0, 0.1) is 13.8 Å². The van der Waals surface area contributed by atoms with Gasteiger partial charge in [0, 0.05) is 0 Å². The minimum Gasteiger partial charge on any atom is -0.323 e. The first kappa shape index (κ1) is 22.2. The lowest BCUT2D eigenvalue weighted by Gasteiger charge is -2.25. The highest BCUT2D eigenvalue weighted by Crippen LogP contribution is 2.30. The van der Waals surface area contributed by atoms with Crippen molar-refractivity contribution in [1.29, 1.82) is 0 Å². The number of rotatable bonds is 6. The normalized spacial score (nSPS) is 11.2. The maximum absolute atomic E-state index is 13.4. The van der Waals surface area contributed by atoms with Gasteiger partial charge < -0.3 is 5.32 Å². The van der Waals surface area contributed by atoms with Gasteiger partial charge in [0.1, 0.15) is 6.54 Å². The fraction of sp³-hybridized carbons (Fsp3) is 0.136. The molecule has 0 heterocycles. The molecule has 0 spiro atoms. The molecule has 0 radical (unpaired) electrons. The van der Waals surface area contributed by atoms with Crippen molar-refractivity contribution < 1.29 is 13.2 Å². The van der Waals surface area contributed by atoms with Crippen molar-refractivity contribution in [2.24, 2.45) is 0 Å². The van der Waals surface area contributed by atoms with Crippen LogP contribution in [-0.2, 0) is 14.8 Å². The van der Waals surface area contributed by atoms with Crippen LogP contribution >= 0.6 is 23.2 Å². The number of carbonyl (C=O) groups excluding carboxylic acids is 1. The van der Waals surface area contributed by atoms with E-state index in [4.69, 9.17) is 23.2 Å². The molecular formula is C22H20Cl2N2O3S. The topological polar surface area (TPSA) is 66.5 Å². The fourth-order valence-corrected chi connectivity index (χ4v) is 4.82. The molecule has 0 aliphatic rings. The smallest absolute Gasteiger partial charge is 0.264 e. The Morgan fingerprint density at radius 2 is 1.57 bits per heavy atom. The highest BCUT2D eigenvalue weighted by atomic mass is 35.5. The van der Waals surface area contributed by atoms with Crippen LogP contribution in [0.1, 0.15) is 11.1 Å². The number of nitrogens with one attached hydrogen (secondary N) is 1. The number of carbonyl (C=O) groups is 1. The first-order chi connectivity index (χ1) is 14.2. The zero-order valence-corrected chi connectivity index (χ0v) is 18.7. The molecule has 0 bridgehead atoms. The summed E-state index contributed by atoms with van der Waals surface area (Å²) in [5, 5.41) is 3.12. The lowest BCUT2D eigenvalue weighted by molar-refractivity contribution is -0.114. The number of sulfonamides is 1. The van der Waals surface area contributed by atoms with Crippen molar-refractivity contribution >= 4 is 50.5 Å². The third-order valence-electron chi connectivity index (χ3n) is 4.34. The Morgan fingerprint density at radius 1 is 0.933 bits per heavy atom. The summed E-state index contributed by atoms with van der Waals surface area (Å²) in [6, 6.07) is 18.2. The molecule has 0 aliphatic heterocycles. The number of aryl methyl sites for hydroxylation is 2. The van der Waals surface area contributed by atoms with E-state index < -0.39 is 22.5 Å². The van der Waals surface area contributed by atoms with Gasteiger partial charge in [0.15, 0.2) is 0 Å². The van der Waals surface area contributed by atoms with Crippen molar-refractivity contribution in [3.63, 3.8) is 0 Å². The number of hydrogen-bond acceptors (Lipinski definition) is 3. The van der Waals surface area contributed by atoms with Gasteiger partial charge in [-0.15, -0.1) is 0 Å². The Morgan fingerprint density at radius 3 is 2.20 bits per heavy atom. The second-order valence-electron chi connectivity index (χ2n) is 6.82. The van der Waals surface area contributed by atoms with Gasteiger partial charge >= 0.3 is 0 Å². The largest absolute Gasteiger partial charge is 0.323 e. The fourth-order valence-electron chi connectivity index (χ4n) is 3.05. The van der Waals surface area contributed by atoms with Crippen molar-refractivity contribution in [1.82, 2.24) is 0 Å². The average Bonchev–Trinajstić information content (AvgIpc) is 2.69. The Hall–Kier alpha value is -2.54. The molecule has 0 aromatic heterocycles. The standard InChI is InChI=1S/C22H20Cl2N2O3S/c1-15-11-16(2)13-17(12-15)26(30(28,29)18-7-4-3-5-8-18)14-21(27)25-20-10-6-9-19(23)22(20)24/h3-13H,14H2,1-2H3,(H,25,27). The van der Waals surface area contributed by atoms with Crippen LogP contribution in [0.25, 0.3) is 0 Å². The molecule has 0 saturated heterocycles. The molecule has 30 heavy (non-hydrogen) atoms. The Labute approximate surface area is 186 Å². The van der Waals surface area contributed by atoms with E-state index in [1.165, 1.54) is 12.1 Å². The van der Waals surface area contributed by atoms with Crippen LogP contribution in [0.3, 0.4) is 0 Å². The van der Waals surface area contributed by atoms with Crippen LogP contribution in [-0.4, -0.2) is 20.9 Å². The predicted octanol–water partition coefficient (Wildman–Crippen LogP) is 5.44. The summed E-state index contributed by atoms with van der Waals surface area (Å²) in [5.41, 5.74) is 2.49. The van der Waals surface area contributed by atoms with Gasteiger partial charge in [0.2, 0.25) is 5.91 Å². The molecule has 0 unspecified atom stereocenters. The minimum atomic E-state index is -3.98. The van der Waals surface area contributed by atoms with E-state index in [2.05, 4.69) is 5.32 Å². The summed E-state index contributed by atoms with van der Waals surface area (Å²) in [6.07, 6.45) is 0. The van der Waals surface area contributed by atoms with E-state index in [9.17, 15) is 13.2 Å². The van der Waals surface area contributed by atoms with Crippen LogP contribution in [0.5, 0.6) is 0 Å². The highest BCUT2D eigenvalue weighted by molar-refractivity contribution is 7.92. The lowest BCUT2D eigenvalue weighted by atomic mass is 10.1. The van der Waals surface area contributed by atoms with E-state index in [1.807, 2.05) is 19.9 Å². The number of benzene rings is 3. The first-order valence-electron chi connectivity index (χ1n) is 9.08. The number of amides is 1. The Kier molecular flexibility index (Phi) is 6.71. The SMILES string of the molecule is Cc1cc(C)cc(N(CC(=O)Nc2cccc(Cl)c2Cl)S(=O)(=O)c2ccccc2)c1. The average molecular weight is 463 g/mol. The molecular weight excluding hydrogens is 443 g/mol. The molecule has 0 fully saturated rings. The van der Waals surface area contributed by atoms with Gasteiger partial charge in [-0.1, -0.05) is 53.5 Å². The summed E-state index contributed by atoms with van der Waals surface area (Å²) in [7, 11) is -3.98. The molecule has 3 aromatic carbocycles. The predicted molar refractivity (Wildman–Crippen MR) is 122 cm³/mol. The summed E-state index contributed by atoms with van der Waals surface area (Å²) in [5.74, 6) is -0.544. The van der Waals surface area contributed by atoms with Gasteiger partial charge in [0.25, 0.3) is 10.0 Å². The van der Waals surface area contributed by atoms with Gasteiger partial charge in [0.05, 0.1) is 26.3 Å². The number of anilines is 2. The minimum absolute atomic E-state index is 0.0951. The maximum Gasteiger partial charge on any atom is 0.264 e. The molecule has 156 valence electrons. The molecule has 0 aliphatic carbocycles. The number of hydrogen-bond donors (Lipinski definition) is 1. The van der Waals surface area contributed by atoms with E-state index in [-0.39, 0.29) is 14.9 Å². The molecule has 5 nitrogen and oxygen atoms in total. The second kappa shape index (κ2) is 9.08. The van der Waals surface area contributed by atoms with Crippen molar-refractivity contribution in [2.75, 3.05) is 16.2 Å². The van der Waals surface area contributed by atoms with Crippen LogP contribution < -0.4 is 9.62 Å². The monoisotopic (exact) mass is 462 g/mol. The first-order valence-corrected chi connectivity index (χ1v) is 11.3. The molecule has 0 atom stereocenters. The van der Waals surface area contributed by atoms with E-state index in [1.54, 1.807) is 48.5 Å². The summed E-state index contributed by atoms with van der Waals surface area (Å²) in [6.45, 7) is 3.31. The van der Waals surface area contributed by atoms with E-state index in [0.717, 1.165) is 15.4 Å². The van der Waals surface area contributed by atoms with E-state index in [0.29, 0.717) is 11.4 Å². The van der Waals surface area contributed by atoms with Crippen LogP contribution in [0.15, 0.2) is 71.6 Å². The summed E-state index contributed by atoms with van der Waals surface area (Å²) in [4.78, 5) is 12.9. The Balaban J connectivity index is 1.99. The number of halogens is 2. The molecule has 3 rings (SSSR count). The molecule has 8 heteroatoms. The van der Waals surface area contributed by atoms with Gasteiger partial charge in [-0.05, 0) is 61.4 Å². The molecule has 0 saturated carbocycles. The molecule has 1 amide bonds. The van der Waals surface area contributed by atoms with Crippen molar-refractivity contribution in [2.45, 2.75) is 18.7 Å². The quantitative estimate of drug-likeness (QED) is 0.529. The zero-order chi connectivity index (χ0) is 21.9. The Bertz CT molecular complexity index is 1160. The third kappa shape index (κ3) is 4.95. The molecule has 1 N–H and O–H groups in total. The highest BCUT2D eigenvalue weighted by Gasteiger charge is 2.27. The van der Waals surface area contributed by atoms with E-state index >= 15 is 0 Å². The summed E-state index contributed by atoms with van der Waals surface area (Å²) < 4.78 is 27.8. The van der Waals surface area contributed by atoms with Crippen LogP contribution in [0.2, 0.25) is 10.0 Å². The maximum atomic E-state index is 13.4. The van der Waals surface area contributed by atoms with Gasteiger partial charge in [-0.25, -0.2) is 8.42 Å². The number of nitrogens with zero attached hydrogens (tertiary/aromatic N) is 1. The van der Waals surface area contributed by atoms with Crippen molar-refractivity contribution in [3.05, 3.63) is 87.9 Å². The van der Waals surface area contributed by atoms with Crippen molar-refractivity contribution in [3.8, 4) is 0 Å². The lowest BCUT2D eigenvalue weighted by Crippen LogP contribution is -2.38. The second-order valence-corrected chi connectivity index (χ2v) is 9.47. The van der Waals surface area contributed by atoms with Gasteiger partial charge in [-0.3, -0.25) is 9.10 Å². The van der Waals surface area contributed by atoms with Crippen LogP contribution in [0.4, 0.5) is 11.4 Å². The summed E-state index contributed by atoms with van der Waals surface area (Å²) >= 11 is 12.1. The third-order valence-corrected chi connectivity index (χ3v) is 6.95. The zero-order valence-electron chi connectivity index (χ0n) is 16.4. The molecule has 3 aromatic rings. The van der Waals surface area contributed by atoms with Gasteiger partial charge in [-0.2, -0.15) is 0 Å².